The molecule has 5 amide bonds. The van der Waals surface area contributed by atoms with Crippen LogP contribution in [0, 0.1) is 17.1 Å². The fourth-order valence-electron chi connectivity index (χ4n) is 6.87. The van der Waals surface area contributed by atoms with Crippen LogP contribution in [0.15, 0.2) is 18.2 Å². The van der Waals surface area contributed by atoms with Crippen LogP contribution in [0.2, 0.25) is 0 Å². The maximum absolute atomic E-state index is 14.4. The van der Waals surface area contributed by atoms with Crippen LogP contribution in [0.4, 0.5) is 14.0 Å². The molecule has 1 saturated heterocycles. The molecule has 5 N–H and O–H groups in total. The number of nitrogens with zero attached hydrogens (tertiary/aromatic N) is 2. The number of aliphatic hydroxyl groups is 1. The minimum Gasteiger partial charge on any atom is -0.444 e. The molecule has 0 bridgehead atoms. The SMILES string of the molecule is CCCCC(O)(NC(=O)OC(C)(C)C)C(=O)N1CC(OC(=O)N2Cc3cccc(F)c3C2)CC1C(=O)NC1(C(=O)NS(=O)(=O)C2CC2)CC1CC(C)=N. The summed E-state index contributed by atoms with van der Waals surface area (Å²) in [7, 11) is -4.01. The Bertz CT molecular complexity index is 1780. The van der Waals surface area contributed by atoms with Crippen molar-refractivity contribution in [2.45, 2.75) is 133 Å². The zero-order valence-electron chi connectivity index (χ0n) is 30.6. The van der Waals surface area contributed by atoms with Gasteiger partial charge in [0.1, 0.15) is 29.1 Å². The largest absolute Gasteiger partial charge is 0.444 e. The van der Waals surface area contributed by atoms with E-state index in [1.165, 1.54) is 24.0 Å². The molecule has 292 valence electrons. The van der Waals surface area contributed by atoms with Crippen molar-refractivity contribution in [2.75, 3.05) is 6.54 Å². The van der Waals surface area contributed by atoms with E-state index in [0.29, 0.717) is 30.4 Å². The van der Waals surface area contributed by atoms with Crippen molar-refractivity contribution in [2.24, 2.45) is 5.92 Å². The number of unbranched alkanes of at least 4 members (excludes halogenated alkanes) is 1. The van der Waals surface area contributed by atoms with Gasteiger partial charge in [-0.3, -0.25) is 29.3 Å². The second kappa shape index (κ2) is 14.8. The molecule has 53 heavy (non-hydrogen) atoms. The van der Waals surface area contributed by atoms with Crippen LogP contribution < -0.4 is 15.4 Å². The molecule has 0 radical (unpaired) electrons. The number of nitrogens with one attached hydrogen (secondary N) is 4. The average molecular weight is 765 g/mol. The first-order chi connectivity index (χ1) is 24.7. The number of hydrogen-bond donors (Lipinski definition) is 5. The Morgan fingerprint density at radius 2 is 1.83 bits per heavy atom. The Kier molecular flexibility index (Phi) is 11.2. The molecule has 0 spiro atoms. The number of carbonyl (C=O) groups is 5. The molecular formula is C35H49FN6O10S. The van der Waals surface area contributed by atoms with E-state index < -0.39 is 92.5 Å². The van der Waals surface area contributed by atoms with E-state index in [1.807, 2.05) is 0 Å². The summed E-state index contributed by atoms with van der Waals surface area (Å²) < 4.78 is 53.0. The number of alkyl carbamates (subject to hydrolysis) is 1. The van der Waals surface area contributed by atoms with Gasteiger partial charge in [-0.1, -0.05) is 25.5 Å². The van der Waals surface area contributed by atoms with Crippen LogP contribution in [0.5, 0.6) is 0 Å². The lowest BCUT2D eigenvalue weighted by atomic mass is 10.0. The normalized spacial score (nSPS) is 24.8. The van der Waals surface area contributed by atoms with Crippen LogP contribution in [0.3, 0.4) is 0 Å². The number of rotatable bonds is 13. The molecule has 5 unspecified atom stereocenters. The second-order valence-electron chi connectivity index (χ2n) is 15.6. The third-order valence-corrected chi connectivity index (χ3v) is 11.7. The minimum atomic E-state index is -4.01. The highest BCUT2D eigenvalue weighted by Gasteiger charge is 2.63. The molecule has 2 saturated carbocycles. The number of benzene rings is 1. The van der Waals surface area contributed by atoms with Crippen molar-refractivity contribution in [3.63, 3.8) is 0 Å². The summed E-state index contributed by atoms with van der Waals surface area (Å²) in [6.07, 6.45) is -1.93. The van der Waals surface area contributed by atoms with Crippen molar-refractivity contribution < 1.29 is 51.4 Å². The molecule has 1 aromatic carbocycles. The predicted octanol–water partition coefficient (Wildman–Crippen LogP) is 2.56. The van der Waals surface area contributed by atoms with Gasteiger partial charge < -0.3 is 30.2 Å². The van der Waals surface area contributed by atoms with Gasteiger partial charge in [-0.25, -0.2) is 22.4 Å². The summed E-state index contributed by atoms with van der Waals surface area (Å²) in [5.41, 5.74) is -4.12. The van der Waals surface area contributed by atoms with Crippen molar-refractivity contribution in [1.82, 2.24) is 25.2 Å². The van der Waals surface area contributed by atoms with Gasteiger partial charge in [0.25, 0.3) is 11.8 Å². The summed E-state index contributed by atoms with van der Waals surface area (Å²) in [5, 5.41) is 23.9. The second-order valence-corrected chi connectivity index (χ2v) is 17.5. The first kappa shape index (κ1) is 39.9. The predicted molar refractivity (Wildman–Crippen MR) is 187 cm³/mol. The van der Waals surface area contributed by atoms with Gasteiger partial charge >= 0.3 is 12.2 Å². The van der Waals surface area contributed by atoms with Crippen molar-refractivity contribution in [1.29, 1.82) is 5.41 Å². The lowest BCUT2D eigenvalue weighted by Crippen LogP contribution is -2.63. The van der Waals surface area contributed by atoms with Crippen LogP contribution in [0.1, 0.15) is 97.1 Å². The van der Waals surface area contributed by atoms with E-state index >= 15 is 0 Å². The average Bonchev–Trinajstić information content (AvgIpc) is 3.92. The number of carbonyl (C=O) groups excluding carboxylic acids is 5. The molecule has 3 fully saturated rings. The van der Waals surface area contributed by atoms with Crippen LogP contribution in [-0.2, 0) is 47.0 Å². The lowest BCUT2D eigenvalue weighted by Gasteiger charge is -2.35. The van der Waals surface area contributed by atoms with Gasteiger partial charge in [0.2, 0.25) is 21.7 Å². The summed E-state index contributed by atoms with van der Waals surface area (Å²) >= 11 is 0. The van der Waals surface area contributed by atoms with Gasteiger partial charge in [0.05, 0.1) is 18.3 Å². The van der Waals surface area contributed by atoms with Crippen LogP contribution in [0.25, 0.3) is 0 Å². The lowest BCUT2D eigenvalue weighted by molar-refractivity contribution is -0.159. The van der Waals surface area contributed by atoms with Gasteiger partial charge in [-0.05, 0) is 77.3 Å². The fraction of sp³-hybridized carbons (Fsp3) is 0.657. The third kappa shape index (κ3) is 9.08. The number of hydrogen-bond acceptors (Lipinski definition) is 11. The summed E-state index contributed by atoms with van der Waals surface area (Å²) in [6, 6.07) is 3.03. The Hall–Kier alpha value is -4.32. The van der Waals surface area contributed by atoms with E-state index in [-0.39, 0.29) is 50.9 Å². The fourth-order valence-corrected chi connectivity index (χ4v) is 8.23. The first-order valence-corrected chi connectivity index (χ1v) is 19.4. The standard InChI is InChI=1S/C35H49FN6O10S/c1-6-7-13-35(48,39-31(46)52-33(3,4)5)30(45)42-18-23(51-32(47)41-17-21-9-8-10-26(36)25(21)19-41)15-27(42)28(43)38-34(16-22(34)14-20(2)37)29(44)40-53(49,50)24-11-12-24/h8-10,22-24,27,37,48H,6-7,11-19H2,1-5H3,(H,38,43)(H,39,46)(H,40,44). The summed E-state index contributed by atoms with van der Waals surface area (Å²) in [6.45, 7) is 7.71. The van der Waals surface area contributed by atoms with E-state index in [2.05, 4.69) is 15.4 Å². The smallest absolute Gasteiger partial charge is 0.410 e. The zero-order chi connectivity index (χ0) is 39.1. The quantitative estimate of drug-likeness (QED) is 0.146. The van der Waals surface area contributed by atoms with E-state index in [9.17, 15) is 41.9 Å². The summed E-state index contributed by atoms with van der Waals surface area (Å²) in [4.78, 5) is 70.5. The molecule has 4 aliphatic rings. The summed E-state index contributed by atoms with van der Waals surface area (Å²) in [5.74, 6) is -4.05. The Morgan fingerprint density at radius 3 is 2.43 bits per heavy atom. The van der Waals surface area contributed by atoms with E-state index in [0.717, 1.165) is 4.90 Å². The number of fused-ring (bicyclic) bond motifs is 1. The van der Waals surface area contributed by atoms with Crippen molar-refractivity contribution >= 4 is 45.6 Å². The molecule has 16 nitrogen and oxygen atoms in total. The molecule has 0 aromatic heterocycles. The van der Waals surface area contributed by atoms with Crippen molar-refractivity contribution in [3.05, 3.63) is 35.1 Å². The number of halogens is 1. The number of likely N-dealkylation sites (tertiary alicyclic amines) is 1. The third-order valence-electron chi connectivity index (χ3n) is 9.84. The molecular weight excluding hydrogens is 715 g/mol. The topological polar surface area (TPSA) is 225 Å². The van der Waals surface area contributed by atoms with Gasteiger partial charge in [0.15, 0.2) is 0 Å². The highest BCUT2D eigenvalue weighted by molar-refractivity contribution is 7.91. The molecule has 5 rings (SSSR count). The highest BCUT2D eigenvalue weighted by Crippen LogP contribution is 2.47. The minimum absolute atomic E-state index is 0.0206. The van der Waals surface area contributed by atoms with E-state index in [4.69, 9.17) is 14.9 Å². The molecule has 1 aromatic rings. The Morgan fingerprint density at radius 1 is 1.13 bits per heavy atom. The van der Waals surface area contributed by atoms with Gasteiger partial charge in [0, 0.05) is 30.7 Å². The zero-order valence-corrected chi connectivity index (χ0v) is 31.4. The van der Waals surface area contributed by atoms with Gasteiger partial charge in [-0.15, -0.1) is 0 Å². The Balaban J connectivity index is 1.41. The maximum Gasteiger partial charge on any atom is 0.410 e. The highest BCUT2D eigenvalue weighted by atomic mass is 32.2. The molecule has 2 aliphatic carbocycles. The van der Waals surface area contributed by atoms with Crippen LogP contribution in [-0.4, -0.2) is 99.7 Å². The monoisotopic (exact) mass is 764 g/mol. The van der Waals surface area contributed by atoms with Crippen molar-refractivity contribution in [3.8, 4) is 0 Å². The number of sulfonamides is 1. The van der Waals surface area contributed by atoms with Crippen LogP contribution >= 0.6 is 0 Å². The molecule has 18 heteroatoms. The molecule has 2 aliphatic heterocycles. The van der Waals surface area contributed by atoms with E-state index in [1.54, 1.807) is 33.8 Å². The Labute approximate surface area is 308 Å². The molecule has 5 atom stereocenters. The number of amides is 5. The number of ether oxygens (including phenoxy) is 2. The maximum atomic E-state index is 14.4. The first-order valence-electron chi connectivity index (χ1n) is 17.9. The van der Waals surface area contributed by atoms with Gasteiger partial charge in [-0.2, -0.15) is 0 Å². The molecule has 2 heterocycles.